The Morgan fingerprint density at radius 1 is 1.36 bits per heavy atom. The molecule has 4 nitrogen and oxygen atoms in total. The van der Waals surface area contributed by atoms with E-state index in [9.17, 15) is 4.79 Å². The molecule has 2 rings (SSSR count). The van der Waals surface area contributed by atoms with E-state index in [1.54, 1.807) is 0 Å². The van der Waals surface area contributed by atoms with Crippen molar-refractivity contribution in [2.75, 3.05) is 26.2 Å². The summed E-state index contributed by atoms with van der Waals surface area (Å²) in [5.74, 6) is 2.20. The molecule has 1 aromatic rings. The summed E-state index contributed by atoms with van der Waals surface area (Å²) >= 11 is 0. The van der Waals surface area contributed by atoms with Gasteiger partial charge in [-0.2, -0.15) is 0 Å². The molecule has 2 N–H and O–H groups in total. The zero-order valence-corrected chi connectivity index (χ0v) is 15.9. The molecule has 1 fully saturated rings. The molecule has 1 aliphatic rings. The highest BCUT2D eigenvalue weighted by Crippen LogP contribution is 2.22. The second kappa shape index (κ2) is 11.1. The Kier molecular flexibility index (Phi) is 8.81. The van der Waals surface area contributed by atoms with Crippen LogP contribution in [0.1, 0.15) is 51.5 Å². The SMILES string of the molecule is CCCCOc1ccc(CCNC(=O)CC(C)C2CCCNC2)cc1. The van der Waals surface area contributed by atoms with Crippen molar-refractivity contribution >= 4 is 5.91 Å². The molecule has 0 spiro atoms. The number of unbranched alkanes of at least 4 members (excludes halogenated alkanes) is 1. The third-order valence-electron chi connectivity index (χ3n) is 5.07. The van der Waals surface area contributed by atoms with E-state index in [0.717, 1.165) is 44.7 Å². The van der Waals surface area contributed by atoms with E-state index in [2.05, 4.69) is 36.6 Å². The number of carbonyl (C=O) groups is 1. The van der Waals surface area contributed by atoms with Crippen LogP contribution in [-0.4, -0.2) is 32.1 Å². The molecular formula is C21H34N2O2. The first-order chi connectivity index (χ1) is 12.2. The van der Waals surface area contributed by atoms with E-state index in [1.165, 1.54) is 18.4 Å². The molecular weight excluding hydrogens is 312 g/mol. The highest BCUT2D eigenvalue weighted by Gasteiger charge is 2.21. The maximum atomic E-state index is 12.1. The van der Waals surface area contributed by atoms with E-state index in [0.29, 0.717) is 24.8 Å². The smallest absolute Gasteiger partial charge is 0.220 e. The second-order valence-electron chi connectivity index (χ2n) is 7.23. The average molecular weight is 347 g/mol. The van der Waals surface area contributed by atoms with Crippen LogP contribution in [-0.2, 0) is 11.2 Å². The molecule has 1 aliphatic heterocycles. The lowest BCUT2D eigenvalue weighted by molar-refractivity contribution is -0.122. The molecule has 0 aromatic heterocycles. The van der Waals surface area contributed by atoms with Gasteiger partial charge in [0.15, 0.2) is 0 Å². The molecule has 0 aliphatic carbocycles. The normalized spacial score (nSPS) is 18.6. The van der Waals surface area contributed by atoms with E-state index in [1.807, 2.05) is 12.1 Å². The van der Waals surface area contributed by atoms with Gasteiger partial charge < -0.3 is 15.4 Å². The third-order valence-corrected chi connectivity index (χ3v) is 5.07. The van der Waals surface area contributed by atoms with Gasteiger partial charge in [-0.05, 0) is 68.3 Å². The van der Waals surface area contributed by atoms with Crippen LogP contribution in [0.2, 0.25) is 0 Å². The summed E-state index contributed by atoms with van der Waals surface area (Å²) in [6.07, 6.45) is 6.20. The molecule has 4 heteroatoms. The maximum absolute atomic E-state index is 12.1. The molecule has 1 amide bonds. The van der Waals surface area contributed by atoms with E-state index >= 15 is 0 Å². The highest BCUT2D eigenvalue weighted by molar-refractivity contribution is 5.76. The van der Waals surface area contributed by atoms with Crippen molar-refractivity contribution < 1.29 is 9.53 Å². The lowest BCUT2D eigenvalue weighted by Gasteiger charge is -2.28. The van der Waals surface area contributed by atoms with Gasteiger partial charge in [0.2, 0.25) is 5.91 Å². The topological polar surface area (TPSA) is 50.4 Å². The van der Waals surface area contributed by atoms with Crippen LogP contribution in [0, 0.1) is 11.8 Å². The van der Waals surface area contributed by atoms with Crippen LogP contribution in [0.5, 0.6) is 5.75 Å². The fourth-order valence-corrected chi connectivity index (χ4v) is 3.33. The monoisotopic (exact) mass is 346 g/mol. The Hall–Kier alpha value is -1.55. The van der Waals surface area contributed by atoms with Crippen molar-refractivity contribution in [2.24, 2.45) is 11.8 Å². The van der Waals surface area contributed by atoms with Crippen molar-refractivity contribution in [2.45, 2.75) is 52.4 Å². The van der Waals surface area contributed by atoms with Crippen LogP contribution < -0.4 is 15.4 Å². The van der Waals surface area contributed by atoms with Crippen LogP contribution in [0.25, 0.3) is 0 Å². The Morgan fingerprint density at radius 3 is 2.84 bits per heavy atom. The van der Waals surface area contributed by atoms with Gasteiger partial charge in [-0.25, -0.2) is 0 Å². The number of nitrogens with one attached hydrogen (secondary N) is 2. The van der Waals surface area contributed by atoms with Crippen LogP contribution >= 0.6 is 0 Å². The number of amides is 1. The molecule has 0 radical (unpaired) electrons. The average Bonchev–Trinajstić information content (AvgIpc) is 2.64. The number of rotatable bonds is 10. The summed E-state index contributed by atoms with van der Waals surface area (Å²) in [7, 11) is 0. The van der Waals surface area contributed by atoms with Crippen LogP contribution in [0.15, 0.2) is 24.3 Å². The minimum Gasteiger partial charge on any atom is -0.494 e. The number of piperidine rings is 1. The van der Waals surface area contributed by atoms with Crippen LogP contribution in [0.4, 0.5) is 0 Å². The summed E-state index contributed by atoms with van der Waals surface area (Å²) in [4.78, 5) is 12.1. The molecule has 1 aromatic carbocycles. The van der Waals surface area contributed by atoms with Gasteiger partial charge in [0.05, 0.1) is 6.61 Å². The summed E-state index contributed by atoms with van der Waals surface area (Å²) in [5.41, 5.74) is 1.23. The summed E-state index contributed by atoms with van der Waals surface area (Å²) in [6.45, 7) is 8.02. The molecule has 0 bridgehead atoms. The summed E-state index contributed by atoms with van der Waals surface area (Å²) < 4.78 is 5.67. The first kappa shape index (κ1) is 19.8. The van der Waals surface area contributed by atoms with E-state index in [-0.39, 0.29) is 5.91 Å². The van der Waals surface area contributed by atoms with Gasteiger partial charge in [0.25, 0.3) is 0 Å². The zero-order valence-electron chi connectivity index (χ0n) is 15.9. The Balaban J connectivity index is 1.63. The molecule has 25 heavy (non-hydrogen) atoms. The predicted molar refractivity (Wildman–Crippen MR) is 103 cm³/mol. The first-order valence-electron chi connectivity index (χ1n) is 9.88. The van der Waals surface area contributed by atoms with Crippen molar-refractivity contribution in [3.05, 3.63) is 29.8 Å². The quantitative estimate of drug-likeness (QED) is 0.637. The number of hydrogen-bond acceptors (Lipinski definition) is 3. The van der Waals surface area contributed by atoms with Gasteiger partial charge in [-0.1, -0.05) is 32.4 Å². The van der Waals surface area contributed by atoms with Crippen molar-refractivity contribution in [1.82, 2.24) is 10.6 Å². The summed E-state index contributed by atoms with van der Waals surface area (Å²) in [6, 6.07) is 8.21. The van der Waals surface area contributed by atoms with Gasteiger partial charge in [0, 0.05) is 13.0 Å². The van der Waals surface area contributed by atoms with Crippen molar-refractivity contribution in [1.29, 1.82) is 0 Å². The molecule has 2 unspecified atom stereocenters. The van der Waals surface area contributed by atoms with E-state index < -0.39 is 0 Å². The number of hydrogen-bond donors (Lipinski definition) is 2. The Morgan fingerprint density at radius 2 is 2.16 bits per heavy atom. The predicted octanol–water partition coefficient (Wildman–Crippen LogP) is 3.55. The van der Waals surface area contributed by atoms with Gasteiger partial charge >= 0.3 is 0 Å². The lowest BCUT2D eigenvalue weighted by atomic mass is 9.85. The van der Waals surface area contributed by atoms with Crippen molar-refractivity contribution in [3.63, 3.8) is 0 Å². The standard InChI is InChI=1S/C21H34N2O2/c1-3-4-14-25-20-9-7-18(8-10-20)11-13-23-21(24)15-17(2)19-6-5-12-22-16-19/h7-10,17,19,22H,3-6,11-16H2,1-2H3,(H,23,24). The highest BCUT2D eigenvalue weighted by atomic mass is 16.5. The van der Waals surface area contributed by atoms with Crippen molar-refractivity contribution in [3.8, 4) is 5.75 Å². The molecule has 1 heterocycles. The fourth-order valence-electron chi connectivity index (χ4n) is 3.33. The minimum absolute atomic E-state index is 0.178. The maximum Gasteiger partial charge on any atom is 0.220 e. The molecule has 0 saturated carbocycles. The summed E-state index contributed by atoms with van der Waals surface area (Å²) in [5, 5.41) is 6.50. The van der Waals surface area contributed by atoms with Crippen LogP contribution in [0.3, 0.4) is 0 Å². The largest absolute Gasteiger partial charge is 0.494 e. The Bertz CT molecular complexity index is 495. The lowest BCUT2D eigenvalue weighted by Crippen LogP contribution is -2.36. The first-order valence-corrected chi connectivity index (χ1v) is 9.88. The Labute approximate surface area is 152 Å². The zero-order chi connectivity index (χ0) is 17.9. The van der Waals surface area contributed by atoms with Gasteiger partial charge in [-0.15, -0.1) is 0 Å². The molecule has 1 saturated heterocycles. The number of benzene rings is 1. The number of ether oxygens (including phenoxy) is 1. The molecule has 2 atom stereocenters. The van der Waals surface area contributed by atoms with E-state index in [4.69, 9.17) is 4.74 Å². The second-order valence-corrected chi connectivity index (χ2v) is 7.23. The van der Waals surface area contributed by atoms with Gasteiger partial charge in [-0.3, -0.25) is 4.79 Å². The number of carbonyl (C=O) groups excluding carboxylic acids is 1. The molecule has 140 valence electrons. The minimum atomic E-state index is 0.178. The third kappa shape index (κ3) is 7.47. The van der Waals surface area contributed by atoms with Gasteiger partial charge in [0.1, 0.15) is 5.75 Å². The fraction of sp³-hybridized carbons (Fsp3) is 0.667.